The molecular weight excluding hydrogens is 445 g/mol. The molecule has 0 aliphatic carbocycles. The highest BCUT2D eigenvalue weighted by Crippen LogP contribution is 2.41. The molecule has 33 heavy (non-hydrogen) atoms. The van der Waals surface area contributed by atoms with Crippen LogP contribution in [0.4, 0.5) is 13.2 Å². The van der Waals surface area contributed by atoms with Crippen molar-refractivity contribution in [3.8, 4) is 11.5 Å². The molecule has 0 saturated carbocycles. The number of aryl methyl sites for hydroxylation is 1. The highest BCUT2D eigenvalue weighted by Gasteiger charge is 2.43. The highest BCUT2D eigenvalue weighted by atomic mass is 19.4. The van der Waals surface area contributed by atoms with E-state index in [1.54, 1.807) is 37.6 Å². The molecule has 1 amide bonds. The van der Waals surface area contributed by atoms with Gasteiger partial charge >= 0.3 is 6.36 Å². The van der Waals surface area contributed by atoms with Gasteiger partial charge in [0.2, 0.25) is 0 Å². The number of benzene rings is 1. The Bertz CT molecular complexity index is 1120. The fourth-order valence-corrected chi connectivity index (χ4v) is 3.47. The standard InChI is InChI=1S/C20H17F3N4O3.CH2O2/c1-27-11-8-15(26-27)18(28)25-19(9-12-29-16-3-2-10-24-17(16)19)13-4-6-14(7-5-13)30-20(21,22)23;2-1-3/h2-8,10-11H,9,12H2,1H3,(H,25,28);1H,(H,2,3)/t19-;/m0./s1. The number of aromatic nitrogens is 3. The lowest BCUT2D eigenvalue weighted by molar-refractivity contribution is -0.274. The van der Waals surface area contributed by atoms with E-state index < -0.39 is 17.8 Å². The van der Waals surface area contributed by atoms with Gasteiger partial charge in [-0.1, -0.05) is 12.1 Å². The normalized spacial score (nSPS) is 17.0. The smallest absolute Gasteiger partial charge is 0.491 e. The van der Waals surface area contributed by atoms with Gasteiger partial charge in [0.15, 0.2) is 0 Å². The summed E-state index contributed by atoms with van der Waals surface area (Å²) in [6.45, 7) is 0.0298. The van der Waals surface area contributed by atoms with Crippen LogP contribution in [0.5, 0.6) is 11.5 Å². The maximum atomic E-state index is 12.9. The lowest BCUT2D eigenvalue weighted by Gasteiger charge is -2.38. The number of hydrogen-bond donors (Lipinski definition) is 2. The third-order valence-corrected chi connectivity index (χ3v) is 4.76. The molecule has 174 valence electrons. The molecule has 3 aromatic rings. The predicted molar refractivity (Wildman–Crippen MR) is 108 cm³/mol. The second-order valence-electron chi connectivity index (χ2n) is 6.86. The Labute approximate surface area is 185 Å². The van der Waals surface area contributed by atoms with E-state index in [-0.39, 0.29) is 24.5 Å². The Kier molecular flexibility index (Phi) is 6.85. The van der Waals surface area contributed by atoms with Crippen LogP contribution in [0.3, 0.4) is 0 Å². The number of rotatable bonds is 4. The van der Waals surface area contributed by atoms with Gasteiger partial charge in [0.05, 0.1) is 6.61 Å². The lowest BCUT2D eigenvalue weighted by atomic mass is 9.81. The van der Waals surface area contributed by atoms with E-state index in [2.05, 4.69) is 20.1 Å². The summed E-state index contributed by atoms with van der Waals surface area (Å²) in [6.07, 6.45) is -1.26. The summed E-state index contributed by atoms with van der Waals surface area (Å²) in [4.78, 5) is 25.7. The highest BCUT2D eigenvalue weighted by molar-refractivity contribution is 5.93. The minimum atomic E-state index is -4.79. The van der Waals surface area contributed by atoms with Crippen LogP contribution in [0.15, 0.2) is 54.9 Å². The number of nitrogens with one attached hydrogen (secondary N) is 1. The Hall–Kier alpha value is -4.09. The first-order valence-corrected chi connectivity index (χ1v) is 9.53. The summed E-state index contributed by atoms with van der Waals surface area (Å²) in [5.74, 6) is -0.309. The van der Waals surface area contributed by atoms with Crippen LogP contribution >= 0.6 is 0 Å². The second kappa shape index (κ2) is 9.59. The Morgan fingerprint density at radius 2 is 1.97 bits per heavy atom. The fraction of sp³-hybridized carbons (Fsp3) is 0.238. The van der Waals surface area contributed by atoms with Crippen molar-refractivity contribution in [1.82, 2.24) is 20.1 Å². The van der Waals surface area contributed by atoms with Gasteiger partial charge in [0, 0.05) is 25.9 Å². The van der Waals surface area contributed by atoms with Crippen LogP contribution < -0.4 is 14.8 Å². The Morgan fingerprint density at radius 3 is 2.58 bits per heavy atom. The Morgan fingerprint density at radius 1 is 1.27 bits per heavy atom. The third-order valence-electron chi connectivity index (χ3n) is 4.76. The molecule has 2 aromatic heterocycles. The number of carboxylic acid groups (broad SMARTS) is 1. The maximum Gasteiger partial charge on any atom is 0.573 e. The number of carbonyl (C=O) groups is 2. The first-order valence-electron chi connectivity index (χ1n) is 9.53. The van der Waals surface area contributed by atoms with Gasteiger partial charge in [-0.3, -0.25) is 19.3 Å². The first kappa shape index (κ1) is 23.6. The summed E-state index contributed by atoms with van der Waals surface area (Å²) in [5.41, 5.74) is 0.104. The molecule has 0 spiro atoms. The third kappa shape index (κ3) is 5.40. The zero-order chi connectivity index (χ0) is 24.1. The van der Waals surface area contributed by atoms with Gasteiger partial charge in [0.25, 0.3) is 12.4 Å². The van der Waals surface area contributed by atoms with Crippen LogP contribution in [-0.4, -0.2) is 45.2 Å². The van der Waals surface area contributed by atoms with Gasteiger partial charge in [-0.05, 0) is 35.9 Å². The van der Waals surface area contributed by atoms with Gasteiger partial charge in [-0.2, -0.15) is 5.10 Å². The molecule has 1 aromatic carbocycles. The maximum absolute atomic E-state index is 12.9. The zero-order valence-corrected chi connectivity index (χ0v) is 17.2. The SMILES string of the molecule is Cn1ccc(C(=O)N[C@]2(c3ccc(OC(F)(F)F)cc3)CCOc3cccnc32)n1.O=CO. The topological polar surface area (TPSA) is 116 Å². The summed E-state index contributed by atoms with van der Waals surface area (Å²) in [7, 11) is 1.69. The number of ether oxygens (including phenoxy) is 2. The summed E-state index contributed by atoms with van der Waals surface area (Å²) < 4.78 is 48.7. The molecule has 1 aliphatic heterocycles. The number of halogens is 3. The van der Waals surface area contributed by atoms with Crippen molar-refractivity contribution in [3.63, 3.8) is 0 Å². The number of alkyl halides is 3. The molecule has 2 N–H and O–H groups in total. The number of amides is 1. The van der Waals surface area contributed by atoms with Gasteiger partial charge in [-0.25, -0.2) is 0 Å². The molecule has 3 heterocycles. The molecule has 0 unspecified atom stereocenters. The molecule has 1 aliphatic rings. The van der Waals surface area contributed by atoms with Crippen molar-refractivity contribution in [2.45, 2.75) is 18.3 Å². The number of carbonyl (C=O) groups excluding carboxylic acids is 1. The summed E-state index contributed by atoms with van der Waals surface area (Å²) >= 11 is 0. The van der Waals surface area contributed by atoms with Crippen molar-refractivity contribution in [3.05, 3.63) is 71.8 Å². The van der Waals surface area contributed by atoms with Crippen LogP contribution in [0, 0.1) is 0 Å². The lowest BCUT2D eigenvalue weighted by Crippen LogP contribution is -2.50. The molecular formula is C21H19F3N4O5. The predicted octanol–water partition coefficient (Wildman–Crippen LogP) is 2.87. The van der Waals surface area contributed by atoms with E-state index in [1.165, 1.54) is 28.9 Å². The fourth-order valence-electron chi connectivity index (χ4n) is 3.47. The van der Waals surface area contributed by atoms with E-state index in [0.29, 0.717) is 23.4 Å². The van der Waals surface area contributed by atoms with Crippen molar-refractivity contribution in [2.24, 2.45) is 7.05 Å². The van der Waals surface area contributed by atoms with E-state index >= 15 is 0 Å². The minimum absolute atomic E-state index is 0.206. The number of hydrogen-bond acceptors (Lipinski definition) is 6. The molecule has 12 heteroatoms. The van der Waals surface area contributed by atoms with Crippen molar-refractivity contribution in [2.75, 3.05) is 6.61 Å². The monoisotopic (exact) mass is 464 g/mol. The van der Waals surface area contributed by atoms with Crippen molar-refractivity contribution in [1.29, 1.82) is 0 Å². The quantitative estimate of drug-likeness (QED) is 0.571. The van der Waals surface area contributed by atoms with Crippen molar-refractivity contribution < 1.29 is 37.3 Å². The first-order chi connectivity index (χ1) is 15.7. The van der Waals surface area contributed by atoms with Crippen LogP contribution in [-0.2, 0) is 17.4 Å². The summed E-state index contributed by atoms with van der Waals surface area (Å²) in [5, 5.41) is 14.0. The van der Waals surface area contributed by atoms with Crippen LogP contribution in [0.1, 0.15) is 28.2 Å². The zero-order valence-electron chi connectivity index (χ0n) is 17.2. The molecule has 9 nitrogen and oxygen atoms in total. The average molecular weight is 464 g/mol. The molecule has 0 radical (unpaired) electrons. The van der Waals surface area contributed by atoms with E-state index in [9.17, 15) is 18.0 Å². The molecule has 0 saturated heterocycles. The van der Waals surface area contributed by atoms with Crippen LogP contribution in [0.25, 0.3) is 0 Å². The van der Waals surface area contributed by atoms with Crippen LogP contribution in [0.2, 0.25) is 0 Å². The van der Waals surface area contributed by atoms with E-state index in [0.717, 1.165) is 0 Å². The molecule has 0 bridgehead atoms. The molecule has 4 rings (SSSR count). The minimum Gasteiger partial charge on any atom is -0.491 e. The Balaban J connectivity index is 0.000000968. The molecule has 0 fully saturated rings. The average Bonchev–Trinajstić information content (AvgIpc) is 3.20. The summed E-state index contributed by atoms with van der Waals surface area (Å²) in [6, 6.07) is 10.4. The van der Waals surface area contributed by atoms with Gasteiger partial charge < -0.3 is 19.9 Å². The van der Waals surface area contributed by atoms with E-state index in [1.807, 2.05) is 0 Å². The van der Waals surface area contributed by atoms with Gasteiger partial charge in [-0.15, -0.1) is 13.2 Å². The largest absolute Gasteiger partial charge is 0.573 e. The van der Waals surface area contributed by atoms with Gasteiger partial charge in [0.1, 0.15) is 28.4 Å². The second-order valence-corrected chi connectivity index (χ2v) is 6.86. The number of pyridine rings is 1. The van der Waals surface area contributed by atoms with E-state index in [4.69, 9.17) is 14.6 Å². The number of fused-ring (bicyclic) bond motifs is 1. The van der Waals surface area contributed by atoms with Crippen molar-refractivity contribution >= 4 is 12.4 Å². The number of nitrogens with zero attached hydrogens (tertiary/aromatic N) is 3. The molecule has 1 atom stereocenters.